The Morgan fingerprint density at radius 2 is 1.68 bits per heavy atom. The van der Waals surface area contributed by atoms with E-state index in [1.807, 2.05) is 0 Å². The fraction of sp³-hybridized carbons (Fsp3) is 0.381. The van der Waals surface area contributed by atoms with Crippen molar-refractivity contribution >= 4 is 16.5 Å². The number of nitrogens with zero attached hydrogens (tertiary/aromatic N) is 3. The van der Waals surface area contributed by atoms with E-state index >= 15 is 0 Å². The lowest BCUT2D eigenvalue weighted by molar-refractivity contribution is 0.577. The normalized spacial score (nSPS) is 14.9. The van der Waals surface area contributed by atoms with Gasteiger partial charge in [-0.1, -0.05) is 17.7 Å². The molecule has 0 spiro atoms. The predicted molar refractivity (Wildman–Crippen MR) is 107 cm³/mol. The topological polar surface area (TPSA) is 21.1 Å². The maximum absolute atomic E-state index is 4.96. The molecule has 0 radical (unpaired) electrons. The van der Waals surface area contributed by atoms with Gasteiger partial charge in [-0.25, -0.2) is 4.98 Å². The SMILES string of the molecule is Cc1ccc(-n2c(C)cc(-c3csc(N4CCCCC4)n3)c2C)cc1. The van der Waals surface area contributed by atoms with E-state index in [2.05, 4.69) is 66.0 Å². The second-order valence-corrected chi connectivity index (χ2v) is 7.86. The van der Waals surface area contributed by atoms with Crippen LogP contribution in [0.5, 0.6) is 0 Å². The lowest BCUT2D eigenvalue weighted by Gasteiger charge is -2.25. The molecule has 130 valence electrons. The van der Waals surface area contributed by atoms with Crippen molar-refractivity contribution in [3.05, 3.63) is 52.7 Å². The molecule has 25 heavy (non-hydrogen) atoms. The number of aryl methyl sites for hydroxylation is 2. The number of benzene rings is 1. The van der Waals surface area contributed by atoms with Gasteiger partial charge in [0.15, 0.2) is 5.13 Å². The van der Waals surface area contributed by atoms with Crippen LogP contribution in [0.2, 0.25) is 0 Å². The van der Waals surface area contributed by atoms with Gasteiger partial charge in [0.2, 0.25) is 0 Å². The molecule has 0 aliphatic carbocycles. The van der Waals surface area contributed by atoms with Crippen molar-refractivity contribution < 1.29 is 0 Å². The number of hydrogen-bond donors (Lipinski definition) is 0. The number of piperidine rings is 1. The summed E-state index contributed by atoms with van der Waals surface area (Å²) in [5.74, 6) is 0. The van der Waals surface area contributed by atoms with Crippen LogP contribution in [0.4, 0.5) is 5.13 Å². The molecule has 3 aromatic rings. The van der Waals surface area contributed by atoms with E-state index < -0.39 is 0 Å². The number of aromatic nitrogens is 2. The monoisotopic (exact) mass is 351 g/mol. The molecule has 3 nitrogen and oxygen atoms in total. The van der Waals surface area contributed by atoms with Crippen LogP contribution in [0, 0.1) is 20.8 Å². The van der Waals surface area contributed by atoms with Gasteiger partial charge in [0.1, 0.15) is 0 Å². The summed E-state index contributed by atoms with van der Waals surface area (Å²) in [4.78, 5) is 7.40. The molecular formula is C21H25N3S. The molecule has 1 aliphatic rings. The molecule has 4 heteroatoms. The molecule has 1 aromatic carbocycles. The molecule has 1 aliphatic heterocycles. The van der Waals surface area contributed by atoms with Crippen molar-refractivity contribution in [2.75, 3.05) is 18.0 Å². The number of rotatable bonds is 3. The van der Waals surface area contributed by atoms with Crippen LogP contribution < -0.4 is 4.90 Å². The Morgan fingerprint density at radius 1 is 0.960 bits per heavy atom. The third-order valence-corrected chi connectivity index (χ3v) is 6.02. The Hall–Kier alpha value is -2.07. The zero-order valence-electron chi connectivity index (χ0n) is 15.2. The zero-order chi connectivity index (χ0) is 17.4. The van der Waals surface area contributed by atoms with Crippen LogP contribution in [0.15, 0.2) is 35.7 Å². The summed E-state index contributed by atoms with van der Waals surface area (Å²) in [5.41, 5.74) is 7.38. The molecule has 0 amide bonds. The molecule has 0 atom stereocenters. The van der Waals surface area contributed by atoms with Gasteiger partial charge < -0.3 is 9.47 Å². The minimum absolute atomic E-state index is 1.11. The van der Waals surface area contributed by atoms with Gasteiger partial charge in [-0.05, 0) is 58.2 Å². The Kier molecular flexibility index (Phi) is 4.38. The van der Waals surface area contributed by atoms with Gasteiger partial charge >= 0.3 is 0 Å². The first-order valence-corrected chi connectivity index (χ1v) is 9.98. The summed E-state index contributed by atoms with van der Waals surface area (Å²) in [6, 6.07) is 11.0. The van der Waals surface area contributed by atoms with Crippen LogP contribution in [0.1, 0.15) is 36.2 Å². The van der Waals surface area contributed by atoms with Gasteiger partial charge in [-0.2, -0.15) is 0 Å². The van der Waals surface area contributed by atoms with Crippen LogP contribution >= 0.6 is 11.3 Å². The van der Waals surface area contributed by atoms with E-state index in [4.69, 9.17) is 4.98 Å². The van der Waals surface area contributed by atoms with E-state index in [1.165, 1.54) is 52.6 Å². The first kappa shape index (κ1) is 16.4. The second kappa shape index (κ2) is 6.68. The van der Waals surface area contributed by atoms with Gasteiger partial charge in [-0.15, -0.1) is 11.3 Å². The summed E-state index contributed by atoms with van der Waals surface area (Å²) >= 11 is 1.78. The fourth-order valence-corrected chi connectivity index (χ4v) is 4.61. The highest BCUT2D eigenvalue weighted by Gasteiger charge is 2.18. The zero-order valence-corrected chi connectivity index (χ0v) is 16.1. The molecule has 1 fully saturated rings. The molecule has 0 bridgehead atoms. The second-order valence-electron chi connectivity index (χ2n) is 7.02. The minimum Gasteiger partial charge on any atom is -0.348 e. The maximum atomic E-state index is 4.96. The Bertz CT molecular complexity index is 867. The van der Waals surface area contributed by atoms with Crippen molar-refractivity contribution in [2.24, 2.45) is 0 Å². The van der Waals surface area contributed by atoms with E-state index in [9.17, 15) is 0 Å². The van der Waals surface area contributed by atoms with Gasteiger partial charge in [-0.3, -0.25) is 0 Å². The van der Waals surface area contributed by atoms with Gasteiger partial charge in [0.05, 0.1) is 5.69 Å². The Balaban J connectivity index is 1.68. The van der Waals surface area contributed by atoms with E-state index in [0.717, 1.165) is 18.8 Å². The minimum atomic E-state index is 1.11. The Morgan fingerprint density at radius 3 is 2.40 bits per heavy atom. The predicted octanol–water partition coefficient (Wildman–Crippen LogP) is 5.52. The number of thiazole rings is 1. The molecule has 4 rings (SSSR count). The molecular weight excluding hydrogens is 326 g/mol. The molecule has 0 unspecified atom stereocenters. The number of anilines is 1. The smallest absolute Gasteiger partial charge is 0.185 e. The highest BCUT2D eigenvalue weighted by atomic mass is 32.1. The quantitative estimate of drug-likeness (QED) is 0.620. The van der Waals surface area contributed by atoms with Crippen molar-refractivity contribution in [1.29, 1.82) is 0 Å². The first-order valence-electron chi connectivity index (χ1n) is 9.10. The summed E-state index contributed by atoms with van der Waals surface area (Å²) in [7, 11) is 0. The average molecular weight is 352 g/mol. The largest absolute Gasteiger partial charge is 0.348 e. The van der Waals surface area contributed by atoms with E-state index in [0.29, 0.717) is 0 Å². The molecule has 1 saturated heterocycles. The van der Waals surface area contributed by atoms with Crippen LogP contribution in [0.3, 0.4) is 0 Å². The number of hydrogen-bond acceptors (Lipinski definition) is 3. The molecule has 0 saturated carbocycles. The molecule has 0 N–H and O–H groups in total. The summed E-state index contributed by atoms with van der Waals surface area (Å²) in [5, 5.41) is 3.39. The van der Waals surface area contributed by atoms with Crippen LogP contribution in [-0.2, 0) is 0 Å². The summed E-state index contributed by atoms with van der Waals surface area (Å²) < 4.78 is 2.33. The molecule has 2 aromatic heterocycles. The molecule has 3 heterocycles. The third-order valence-electron chi connectivity index (χ3n) is 5.12. The Labute approximate surface area is 153 Å². The van der Waals surface area contributed by atoms with Crippen molar-refractivity contribution in [1.82, 2.24) is 9.55 Å². The highest BCUT2D eigenvalue weighted by molar-refractivity contribution is 7.14. The van der Waals surface area contributed by atoms with E-state index in [1.54, 1.807) is 11.3 Å². The van der Waals surface area contributed by atoms with Crippen molar-refractivity contribution in [2.45, 2.75) is 40.0 Å². The maximum Gasteiger partial charge on any atom is 0.185 e. The van der Waals surface area contributed by atoms with Crippen molar-refractivity contribution in [3.8, 4) is 16.9 Å². The van der Waals surface area contributed by atoms with E-state index in [-0.39, 0.29) is 0 Å². The summed E-state index contributed by atoms with van der Waals surface area (Å²) in [6.07, 6.45) is 3.93. The standard InChI is InChI=1S/C21H25N3S/c1-15-7-9-18(10-8-15)24-16(2)13-19(17(24)3)20-14-25-21(22-20)23-11-5-4-6-12-23/h7-10,13-14H,4-6,11-12H2,1-3H3. The van der Waals surface area contributed by atoms with Gasteiger partial charge in [0, 0.05) is 41.1 Å². The van der Waals surface area contributed by atoms with Crippen LogP contribution in [-0.4, -0.2) is 22.6 Å². The van der Waals surface area contributed by atoms with Crippen LogP contribution in [0.25, 0.3) is 16.9 Å². The highest BCUT2D eigenvalue weighted by Crippen LogP contribution is 2.33. The lowest BCUT2D eigenvalue weighted by Crippen LogP contribution is -2.29. The average Bonchev–Trinajstić information content (AvgIpc) is 3.22. The third kappa shape index (κ3) is 3.11. The lowest BCUT2D eigenvalue weighted by atomic mass is 10.1. The van der Waals surface area contributed by atoms with Crippen molar-refractivity contribution in [3.63, 3.8) is 0 Å². The van der Waals surface area contributed by atoms with Gasteiger partial charge in [0.25, 0.3) is 0 Å². The first-order chi connectivity index (χ1) is 12.1. The fourth-order valence-electron chi connectivity index (χ4n) is 3.73. The summed E-state index contributed by atoms with van der Waals surface area (Å²) in [6.45, 7) is 8.79.